The number of carbonyl (C=O) groups is 2. The molecule has 2 amide bonds. The number of hydrogen-bond donors (Lipinski definition) is 2. The summed E-state index contributed by atoms with van der Waals surface area (Å²) in [5, 5.41) is 16.9. The van der Waals surface area contributed by atoms with Crippen LogP contribution in [-0.2, 0) is 9.59 Å². The molecule has 8 nitrogen and oxygen atoms in total. The van der Waals surface area contributed by atoms with E-state index in [2.05, 4.69) is 10.6 Å². The van der Waals surface area contributed by atoms with Gasteiger partial charge < -0.3 is 10.6 Å². The maximum absolute atomic E-state index is 12.6. The van der Waals surface area contributed by atoms with Crippen LogP contribution in [0.3, 0.4) is 0 Å². The Morgan fingerprint density at radius 1 is 1.13 bits per heavy atom. The first-order chi connectivity index (χ1) is 14.3. The SMILES string of the molecule is Cc1cc(NC(=O)CN2CCC[C@H](C(=O)Nc3ccccc3)C2)c([N+](=O)[O-])cc1C. The highest BCUT2D eigenvalue weighted by molar-refractivity contribution is 5.95. The van der Waals surface area contributed by atoms with Gasteiger partial charge in [0, 0.05) is 18.3 Å². The number of amides is 2. The standard InChI is InChI=1S/C22H26N4O4/c1-15-11-19(20(26(29)30)12-16(15)2)24-21(27)14-25-10-6-7-17(13-25)22(28)23-18-8-4-3-5-9-18/h3-5,8-9,11-12,17H,6-7,10,13-14H2,1-2H3,(H,23,28)(H,24,27)/t17-/m0/s1. The largest absolute Gasteiger partial charge is 0.326 e. The third-order valence-corrected chi connectivity index (χ3v) is 5.37. The zero-order valence-electron chi connectivity index (χ0n) is 17.2. The normalized spacial score (nSPS) is 16.7. The number of rotatable bonds is 6. The van der Waals surface area contributed by atoms with Crippen LogP contribution in [0.5, 0.6) is 0 Å². The first kappa shape index (κ1) is 21.4. The van der Waals surface area contributed by atoms with Crippen LogP contribution in [0.25, 0.3) is 0 Å². The number of benzene rings is 2. The monoisotopic (exact) mass is 410 g/mol. The maximum atomic E-state index is 12.6. The lowest BCUT2D eigenvalue weighted by Gasteiger charge is -2.31. The van der Waals surface area contributed by atoms with Crippen molar-refractivity contribution in [3.8, 4) is 0 Å². The van der Waals surface area contributed by atoms with E-state index >= 15 is 0 Å². The first-order valence-corrected chi connectivity index (χ1v) is 9.97. The van der Waals surface area contributed by atoms with E-state index in [9.17, 15) is 19.7 Å². The van der Waals surface area contributed by atoms with Gasteiger partial charge in [0.1, 0.15) is 5.69 Å². The predicted molar refractivity (Wildman–Crippen MR) is 115 cm³/mol. The number of nitrogens with zero attached hydrogens (tertiary/aromatic N) is 2. The number of nitro benzene ring substituents is 1. The van der Waals surface area contributed by atoms with Gasteiger partial charge in [0.2, 0.25) is 11.8 Å². The van der Waals surface area contributed by atoms with E-state index in [0.717, 1.165) is 29.7 Å². The number of piperidine rings is 1. The van der Waals surface area contributed by atoms with Crippen LogP contribution in [0.2, 0.25) is 0 Å². The molecule has 0 aliphatic carbocycles. The van der Waals surface area contributed by atoms with Gasteiger partial charge in [0.25, 0.3) is 5.69 Å². The Morgan fingerprint density at radius 3 is 2.53 bits per heavy atom. The molecule has 158 valence electrons. The second kappa shape index (κ2) is 9.49. The van der Waals surface area contributed by atoms with Crippen molar-refractivity contribution >= 4 is 28.9 Å². The summed E-state index contributed by atoms with van der Waals surface area (Å²) in [6.45, 7) is 4.90. The molecule has 0 radical (unpaired) electrons. The fourth-order valence-corrected chi connectivity index (χ4v) is 3.62. The Kier molecular flexibility index (Phi) is 6.79. The molecule has 1 heterocycles. The average Bonchev–Trinajstić information content (AvgIpc) is 2.71. The van der Waals surface area contributed by atoms with E-state index in [-0.39, 0.29) is 35.7 Å². The van der Waals surface area contributed by atoms with Gasteiger partial charge in [-0.3, -0.25) is 24.6 Å². The third kappa shape index (κ3) is 5.42. The Hall–Kier alpha value is -3.26. The van der Waals surface area contributed by atoms with Crippen LogP contribution < -0.4 is 10.6 Å². The highest BCUT2D eigenvalue weighted by atomic mass is 16.6. The smallest absolute Gasteiger partial charge is 0.293 e. The Morgan fingerprint density at radius 2 is 1.83 bits per heavy atom. The molecule has 1 fully saturated rings. The van der Waals surface area contributed by atoms with Crippen molar-refractivity contribution < 1.29 is 14.5 Å². The topological polar surface area (TPSA) is 105 Å². The lowest BCUT2D eigenvalue weighted by atomic mass is 9.97. The van der Waals surface area contributed by atoms with Crippen molar-refractivity contribution in [1.82, 2.24) is 4.90 Å². The summed E-state index contributed by atoms with van der Waals surface area (Å²) in [4.78, 5) is 37.9. The molecule has 0 spiro atoms. The molecule has 8 heteroatoms. The van der Waals surface area contributed by atoms with Crippen molar-refractivity contribution in [2.45, 2.75) is 26.7 Å². The highest BCUT2D eigenvalue weighted by Gasteiger charge is 2.27. The number of carbonyl (C=O) groups excluding carboxylic acids is 2. The molecule has 0 aromatic heterocycles. The third-order valence-electron chi connectivity index (χ3n) is 5.37. The number of hydrogen-bond acceptors (Lipinski definition) is 5. The number of likely N-dealkylation sites (tertiary alicyclic amines) is 1. The lowest BCUT2D eigenvalue weighted by molar-refractivity contribution is -0.384. The molecular formula is C22H26N4O4. The van der Waals surface area contributed by atoms with E-state index in [1.165, 1.54) is 6.07 Å². The summed E-state index contributed by atoms with van der Waals surface area (Å²) < 4.78 is 0. The van der Waals surface area contributed by atoms with Crippen molar-refractivity contribution in [2.75, 3.05) is 30.3 Å². The molecule has 0 saturated carbocycles. The highest BCUT2D eigenvalue weighted by Crippen LogP contribution is 2.28. The van der Waals surface area contributed by atoms with E-state index in [0.29, 0.717) is 13.1 Å². The molecule has 1 aliphatic rings. The molecule has 0 unspecified atom stereocenters. The summed E-state index contributed by atoms with van der Waals surface area (Å²) in [6.07, 6.45) is 1.57. The molecule has 2 aromatic carbocycles. The fourth-order valence-electron chi connectivity index (χ4n) is 3.62. The van der Waals surface area contributed by atoms with Gasteiger partial charge in [-0.15, -0.1) is 0 Å². The average molecular weight is 410 g/mol. The fraction of sp³-hybridized carbons (Fsp3) is 0.364. The van der Waals surface area contributed by atoms with Crippen LogP contribution in [0, 0.1) is 29.9 Å². The van der Waals surface area contributed by atoms with Gasteiger partial charge in [0.05, 0.1) is 17.4 Å². The van der Waals surface area contributed by atoms with Gasteiger partial charge in [-0.1, -0.05) is 18.2 Å². The van der Waals surface area contributed by atoms with Gasteiger partial charge >= 0.3 is 0 Å². The lowest BCUT2D eigenvalue weighted by Crippen LogP contribution is -2.44. The van der Waals surface area contributed by atoms with Gasteiger partial charge in [0.15, 0.2) is 0 Å². The number of nitrogens with one attached hydrogen (secondary N) is 2. The molecule has 1 atom stereocenters. The molecule has 2 aromatic rings. The molecular weight excluding hydrogens is 384 g/mol. The Balaban J connectivity index is 1.60. The van der Waals surface area contributed by atoms with E-state index in [1.807, 2.05) is 42.2 Å². The predicted octanol–water partition coefficient (Wildman–Crippen LogP) is 3.50. The van der Waals surface area contributed by atoms with Gasteiger partial charge in [-0.25, -0.2) is 0 Å². The van der Waals surface area contributed by atoms with Crippen molar-refractivity contribution in [3.63, 3.8) is 0 Å². The summed E-state index contributed by atoms with van der Waals surface area (Å²) >= 11 is 0. The maximum Gasteiger partial charge on any atom is 0.293 e. The quantitative estimate of drug-likeness (QED) is 0.560. The zero-order valence-corrected chi connectivity index (χ0v) is 17.2. The Bertz CT molecular complexity index is 946. The molecule has 30 heavy (non-hydrogen) atoms. The molecule has 3 rings (SSSR count). The van der Waals surface area contributed by atoms with Crippen molar-refractivity contribution in [3.05, 3.63) is 63.7 Å². The minimum absolute atomic E-state index is 0.0592. The van der Waals surface area contributed by atoms with Crippen LogP contribution >= 0.6 is 0 Å². The number of nitro groups is 1. The first-order valence-electron chi connectivity index (χ1n) is 9.97. The van der Waals surface area contributed by atoms with Gasteiger partial charge in [-0.2, -0.15) is 0 Å². The molecule has 1 aliphatic heterocycles. The molecule has 1 saturated heterocycles. The number of anilines is 2. The van der Waals surface area contributed by atoms with Crippen molar-refractivity contribution in [2.24, 2.45) is 5.92 Å². The second-order valence-corrected chi connectivity index (χ2v) is 7.69. The number of aryl methyl sites for hydroxylation is 2. The zero-order chi connectivity index (χ0) is 21.7. The van der Waals surface area contributed by atoms with E-state index in [1.54, 1.807) is 13.0 Å². The van der Waals surface area contributed by atoms with Crippen LogP contribution in [0.4, 0.5) is 17.1 Å². The minimum Gasteiger partial charge on any atom is -0.326 e. The van der Waals surface area contributed by atoms with Gasteiger partial charge in [-0.05, 0) is 62.6 Å². The summed E-state index contributed by atoms with van der Waals surface area (Å²) in [6, 6.07) is 12.4. The van der Waals surface area contributed by atoms with Crippen molar-refractivity contribution in [1.29, 1.82) is 0 Å². The molecule has 2 N–H and O–H groups in total. The summed E-state index contributed by atoms with van der Waals surface area (Å²) in [7, 11) is 0. The van der Waals surface area contributed by atoms with E-state index < -0.39 is 4.92 Å². The molecule has 0 bridgehead atoms. The van der Waals surface area contributed by atoms with E-state index in [4.69, 9.17) is 0 Å². The number of para-hydroxylation sites is 1. The van der Waals surface area contributed by atoms with Crippen LogP contribution in [0.1, 0.15) is 24.0 Å². The minimum atomic E-state index is -0.493. The van der Waals surface area contributed by atoms with Crippen LogP contribution in [0.15, 0.2) is 42.5 Å². The Labute approximate surface area is 175 Å². The van der Waals surface area contributed by atoms with Crippen LogP contribution in [-0.4, -0.2) is 41.3 Å². The summed E-state index contributed by atoms with van der Waals surface area (Å²) in [5.74, 6) is -0.593. The summed E-state index contributed by atoms with van der Waals surface area (Å²) in [5.41, 5.74) is 2.49. The second-order valence-electron chi connectivity index (χ2n) is 7.69.